The number of carbonyl (C=O) groups is 1. The minimum atomic E-state index is -0.400. The molecule has 0 spiro atoms. The SMILES string of the molecule is O=C(Cl)c1cccc(Cc2cccs2)c1. The molecule has 0 radical (unpaired) electrons. The Labute approximate surface area is 97.3 Å². The van der Waals surface area contributed by atoms with Gasteiger partial charge in [0.05, 0.1) is 0 Å². The van der Waals surface area contributed by atoms with Crippen molar-refractivity contribution in [3.8, 4) is 0 Å². The lowest BCUT2D eigenvalue weighted by molar-refractivity contribution is 0.108. The van der Waals surface area contributed by atoms with E-state index in [2.05, 4.69) is 6.07 Å². The molecular formula is C12H9ClOS. The third-order valence-electron chi connectivity index (χ3n) is 2.11. The lowest BCUT2D eigenvalue weighted by atomic mass is 10.1. The van der Waals surface area contributed by atoms with Crippen LogP contribution >= 0.6 is 22.9 Å². The van der Waals surface area contributed by atoms with Crippen LogP contribution in [0.2, 0.25) is 0 Å². The summed E-state index contributed by atoms with van der Waals surface area (Å²) in [5.41, 5.74) is 1.68. The average Bonchev–Trinajstić information content (AvgIpc) is 2.71. The molecule has 1 aromatic carbocycles. The number of benzene rings is 1. The quantitative estimate of drug-likeness (QED) is 0.743. The van der Waals surface area contributed by atoms with E-state index >= 15 is 0 Å². The van der Waals surface area contributed by atoms with Crippen LogP contribution in [0.4, 0.5) is 0 Å². The predicted molar refractivity (Wildman–Crippen MR) is 63.8 cm³/mol. The van der Waals surface area contributed by atoms with Gasteiger partial charge in [0.25, 0.3) is 5.24 Å². The smallest absolute Gasteiger partial charge is 0.252 e. The molecule has 1 nitrogen and oxygen atoms in total. The maximum Gasteiger partial charge on any atom is 0.252 e. The second-order valence-corrected chi connectivity index (χ2v) is 4.61. The van der Waals surface area contributed by atoms with E-state index in [4.69, 9.17) is 11.6 Å². The van der Waals surface area contributed by atoms with E-state index in [-0.39, 0.29) is 0 Å². The van der Waals surface area contributed by atoms with Gasteiger partial charge in [0, 0.05) is 16.9 Å². The number of hydrogen-bond acceptors (Lipinski definition) is 2. The topological polar surface area (TPSA) is 17.1 Å². The summed E-state index contributed by atoms with van der Waals surface area (Å²) in [6, 6.07) is 11.5. The van der Waals surface area contributed by atoms with Crippen LogP contribution in [0.3, 0.4) is 0 Å². The lowest BCUT2D eigenvalue weighted by Gasteiger charge is -2.00. The molecule has 0 aliphatic carbocycles. The van der Waals surface area contributed by atoms with E-state index in [1.54, 1.807) is 17.4 Å². The zero-order chi connectivity index (χ0) is 10.7. The Morgan fingerprint density at radius 1 is 1.27 bits per heavy atom. The van der Waals surface area contributed by atoms with Crippen molar-refractivity contribution in [2.24, 2.45) is 0 Å². The summed E-state index contributed by atoms with van der Waals surface area (Å²) < 4.78 is 0. The highest BCUT2D eigenvalue weighted by atomic mass is 35.5. The molecular weight excluding hydrogens is 228 g/mol. The number of halogens is 1. The zero-order valence-electron chi connectivity index (χ0n) is 7.94. The number of thiophene rings is 1. The van der Waals surface area contributed by atoms with Crippen molar-refractivity contribution in [3.63, 3.8) is 0 Å². The number of hydrogen-bond donors (Lipinski definition) is 0. The van der Waals surface area contributed by atoms with E-state index in [1.807, 2.05) is 29.6 Å². The molecule has 1 aromatic heterocycles. The summed E-state index contributed by atoms with van der Waals surface area (Å²) >= 11 is 7.13. The van der Waals surface area contributed by atoms with E-state index < -0.39 is 5.24 Å². The van der Waals surface area contributed by atoms with Gasteiger partial charge in [-0.3, -0.25) is 4.79 Å². The third kappa shape index (κ3) is 2.67. The summed E-state index contributed by atoms with van der Waals surface area (Å²) in [7, 11) is 0. The Bertz CT molecular complexity index is 462. The first-order chi connectivity index (χ1) is 7.25. The van der Waals surface area contributed by atoms with Crippen molar-refractivity contribution in [1.29, 1.82) is 0 Å². The molecule has 15 heavy (non-hydrogen) atoms. The van der Waals surface area contributed by atoms with Crippen LogP contribution < -0.4 is 0 Å². The van der Waals surface area contributed by atoms with Crippen LogP contribution in [0.5, 0.6) is 0 Å². The average molecular weight is 237 g/mol. The van der Waals surface area contributed by atoms with Gasteiger partial charge in [-0.05, 0) is 34.7 Å². The fraction of sp³-hybridized carbons (Fsp3) is 0.0833. The molecule has 76 valence electrons. The molecule has 0 amide bonds. The standard InChI is InChI=1S/C12H9ClOS/c13-12(14)10-4-1-3-9(7-10)8-11-5-2-6-15-11/h1-7H,8H2. The predicted octanol–water partition coefficient (Wildman–Crippen LogP) is 3.72. The van der Waals surface area contributed by atoms with Crippen molar-refractivity contribution in [2.45, 2.75) is 6.42 Å². The summed E-state index contributed by atoms with van der Waals surface area (Å²) in [6.07, 6.45) is 0.857. The van der Waals surface area contributed by atoms with Gasteiger partial charge in [0.2, 0.25) is 0 Å². The monoisotopic (exact) mass is 236 g/mol. The van der Waals surface area contributed by atoms with Gasteiger partial charge < -0.3 is 0 Å². The Balaban J connectivity index is 2.22. The van der Waals surface area contributed by atoms with Crippen molar-refractivity contribution in [3.05, 3.63) is 57.8 Å². The molecule has 0 bridgehead atoms. The second kappa shape index (κ2) is 4.60. The summed E-state index contributed by atoms with van der Waals surface area (Å²) in [5.74, 6) is 0. The highest BCUT2D eigenvalue weighted by molar-refractivity contribution is 7.09. The van der Waals surface area contributed by atoms with Gasteiger partial charge in [-0.1, -0.05) is 24.3 Å². The molecule has 2 rings (SSSR count). The first kappa shape index (κ1) is 10.4. The summed E-state index contributed by atoms with van der Waals surface area (Å²) in [4.78, 5) is 12.3. The fourth-order valence-electron chi connectivity index (χ4n) is 1.42. The van der Waals surface area contributed by atoms with Gasteiger partial charge in [0.1, 0.15) is 0 Å². The maximum atomic E-state index is 11.0. The lowest BCUT2D eigenvalue weighted by Crippen LogP contribution is -1.91. The second-order valence-electron chi connectivity index (χ2n) is 3.23. The van der Waals surface area contributed by atoms with Gasteiger partial charge in [0.15, 0.2) is 0 Å². The Hall–Kier alpha value is -1.12. The third-order valence-corrected chi connectivity index (χ3v) is 3.21. The van der Waals surface area contributed by atoms with Gasteiger partial charge in [-0.2, -0.15) is 0 Å². The van der Waals surface area contributed by atoms with Crippen molar-refractivity contribution >= 4 is 28.2 Å². The molecule has 2 aromatic rings. The van der Waals surface area contributed by atoms with E-state index in [0.29, 0.717) is 5.56 Å². The first-order valence-electron chi connectivity index (χ1n) is 4.57. The van der Waals surface area contributed by atoms with Crippen LogP contribution in [0, 0.1) is 0 Å². The Morgan fingerprint density at radius 3 is 2.80 bits per heavy atom. The Kier molecular flexibility index (Phi) is 3.19. The van der Waals surface area contributed by atoms with Crippen molar-refractivity contribution < 1.29 is 4.79 Å². The van der Waals surface area contributed by atoms with E-state index in [1.165, 1.54) is 4.88 Å². The van der Waals surface area contributed by atoms with Gasteiger partial charge >= 0.3 is 0 Å². The minimum Gasteiger partial charge on any atom is -0.276 e. The fourth-order valence-corrected chi connectivity index (χ4v) is 2.27. The Morgan fingerprint density at radius 2 is 2.13 bits per heavy atom. The minimum absolute atomic E-state index is 0.400. The molecule has 0 saturated carbocycles. The normalized spacial score (nSPS) is 10.2. The van der Waals surface area contributed by atoms with Gasteiger partial charge in [-0.25, -0.2) is 0 Å². The number of carbonyl (C=O) groups excluding carboxylic acids is 1. The largest absolute Gasteiger partial charge is 0.276 e. The molecule has 0 atom stereocenters. The van der Waals surface area contributed by atoms with Crippen LogP contribution in [-0.4, -0.2) is 5.24 Å². The molecule has 0 aliphatic heterocycles. The maximum absolute atomic E-state index is 11.0. The molecule has 0 aliphatic rings. The van der Waals surface area contributed by atoms with Crippen LogP contribution in [0.15, 0.2) is 41.8 Å². The highest BCUT2D eigenvalue weighted by Crippen LogP contribution is 2.16. The summed E-state index contributed by atoms with van der Waals surface area (Å²) in [5, 5.41) is 1.65. The molecule has 0 N–H and O–H groups in total. The van der Waals surface area contributed by atoms with E-state index in [9.17, 15) is 4.79 Å². The van der Waals surface area contributed by atoms with Crippen molar-refractivity contribution in [2.75, 3.05) is 0 Å². The zero-order valence-corrected chi connectivity index (χ0v) is 9.52. The molecule has 3 heteroatoms. The first-order valence-corrected chi connectivity index (χ1v) is 5.82. The highest BCUT2D eigenvalue weighted by Gasteiger charge is 2.03. The number of rotatable bonds is 3. The van der Waals surface area contributed by atoms with Crippen LogP contribution in [0.1, 0.15) is 20.8 Å². The molecule has 0 saturated heterocycles. The van der Waals surface area contributed by atoms with Gasteiger partial charge in [-0.15, -0.1) is 11.3 Å². The van der Waals surface area contributed by atoms with Crippen LogP contribution in [-0.2, 0) is 6.42 Å². The summed E-state index contributed by atoms with van der Waals surface area (Å²) in [6.45, 7) is 0. The molecule has 0 fully saturated rings. The van der Waals surface area contributed by atoms with Crippen LogP contribution in [0.25, 0.3) is 0 Å². The molecule has 1 heterocycles. The van der Waals surface area contributed by atoms with E-state index in [0.717, 1.165) is 12.0 Å². The van der Waals surface area contributed by atoms with Crippen molar-refractivity contribution in [1.82, 2.24) is 0 Å². The molecule has 0 unspecified atom stereocenters.